The van der Waals surface area contributed by atoms with Crippen molar-refractivity contribution in [1.29, 1.82) is 0 Å². The molecule has 1 aromatic heterocycles. The molecule has 2 N–H and O–H groups in total. The van der Waals surface area contributed by atoms with Crippen molar-refractivity contribution in [2.24, 2.45) is 0 Å². The van der Waals surface area contributed by atoms with Gasteiger partial charge in [0.05, 0.1) is 7.11 Å². The van der Waals surface area contributed by atoms with Crippen LogP contribution >= 0.6 is 0 Å². The van der Waals surface area contributed by atoms with Gasteiger partial charge in [-0.25, -0.2) is 9.67 Å². The number of ether oxygens (including phenoxy) is 2. The summed E-state index contributed by atoms with van der Waals surface area (Å²) >= 11 is 0. The second-order valence-corrected chi connectivity index (χ2v) is 4.10. The van der Waals surface area contributed by atoms with Crippen LogP contribution in [0.5, 0.6) is 11.5 Å². The lowest BCUT2D eigenvalue weighted by molar-refractivity contribution is 0.269. The summed E-state index contributed by atoms with van der Waals surface area (Å²) in [5.74, 6) is 2.05. The SMILES string of the molecule is CCCn1ncnc1COc1ccc(N)cc1OC. The van der Waals surface area contributed by atoms with Gasteiger partial charge in [-0.05, 0) is 18.6 Å². The molecule has 0 aliphatic heterocycles. The van der Waals surface area contributed by atoms with E-state index in [2.05, 4.69) is 17.0 Å². The Morgan fingerprint density at radius 3 is 2.89 bits per heavy atom. The van der Waals surface area contributed by atoms with Crippen molar-refractivity contribution in [3.05, 3.63) is 30.4 Å². The van der Waals surface area contributed by atoms with Crippen LogP contribution in [0.3, 0.4) is 0 Å². The maximum atomic E-state index is 5.71. The van der Waals surface area contributed by atoms with E-state index in [4.69, 9.17) is 15.2 Å². The maximum absolute atomic E-state index is 5.71. The van der Waals surface area contributed by atoms with Crippen LogP contribution in [-0.4, -0.2) is 21.9 Å². The first-order valence-corrected chi connectivity index (χ1v) is 6.17. The Kier molecular flexibility index (Phi) is 4.22. The molecular weight excluding hydrogens is 244 g/mol. The quantitative estimate of drug-likeness (QED) is 0.804. The zero-order valence-electron chi connectivity index (χ0n) is 11.2. The predicted octanol–water partition coefficient (Wildman–Crippen LogP) is 1.86. The molecule has 0 saturated carbocycles. The van der Waals surface area contributed by atoms with E-state index in [-0.39, 0.29) is 0 Å². The van der Waals surface area contributed by atoms with Crippen molar-refractivity contribution < 1.29 is 9.47 Å². The lowest BCUT2D eigenvalue weighted by Gasteiger charge is -2.11. The second kappa shape index (κ2) is 6.08. The third-order valence-corrected chi connectivity index (χ3v) is 2.68. The van der Waals surface area contributed by atoms with E-state index in [9.17, 15) is 0 Å². The van der Waals surface area contributed by atoms with Crippen molar-refractivity contribution in [2.75, 3.05) is 12.8 Å². The van der Waals surface area contributed by atoms with Gasteiger partial charge >= 0.3 is 0 Å². The number of benzene rings is 1. The highest BCUT2D eigenvalue weighted by molar-refractivity contribution is 5.51. The van der Waals surface area contributed by atoms with Crippen molar-refractivity contribution in [3.8, 4) is 11.5 Å². The van der Waals surface area contributed by atoms with Gasteiger partial charge in [0.1, 0.15) is 12.9 Å². The van der Waals surface area contributed by atoms with Crippen LogP contribution in [0.15, 0.2) is 24.5 Å². The largest absolute Gasteiger partial charge is 0.493 e. The van der Waals surface area contributed by atoms with E-state index in [1.54, 1.807) is 25.3 Å². The number of aryl methyl sites for hydroxylation is 1. The summed E-state index contributed by atoms with van der Waals surface area (Å²) in [6.07, 6.45) is 2.54. The van der Waals surface area contributed by atoms with Gasteiger partial charge in [-0.3, -0.25) is 0 Å². The van der Waals surface area contributed by atoms with Crippen molar-refractivity contribution >= 4 is 5.69 Å². The molecule has 2 rings (SSSR count). The molecule has 1 aromatic carbocycles. The molecule has 0 fully saturated rings. The van der Waals surface area contributed by atoms with E-state index >= 15 is 0 Å². The third-order valence-electron chi connectivity index (χ3n) is 2.68. The van der Waals surface area contributed by atoms with Gasteiger partial charge in [0.15, 0.2) is 17.3 Å². The number of hydrogen-bond acceptors (Lipinski definition) is 5. The summed E-state index contributed by atoms with van der Waals surface area (Å²) in [5, 5.41) is 4.15. The summed E-state index contributed by atoms with van der Waals surface area (Å²) in [6, 6.07) is 5.29. The van der Waals surface area contributed by atoms with Crippen LogP contribution < -0.4 is 15.2 Å². The fourth-order valence-electron chi connectivity index (χ4n) is 1.74. The number of nitrogen functional groups attached to an aromatic ring is 1. The van der Waals surface area contributed by atoms with Gasteiger partial charge in [-0.1, -0.05) is 6.92 Å². The highest BCUT2D eigenvalue weighted by Crippen LogP contribution is 2.29. The minimum Gasteiger partial charge on any atom is -0.493 e. The first kappa shape index (κ1) is 13.2. The van der Waals surface area contributed by atoms with E-state index in [0.29, 0.717) is 23.8 Å². The van der Waals surface area contributed by atoms with Gasteiger partial charge in [-0.15, -0.1) is 0 Å². The Bertz CT molecular complexity index is 539. The molecular formula is C13H18N4O2. The second-order valence-electron chi connectivity index (χ2n) is 4.10. The van der Waals surface area contributed by atoms with E-state index < -0.39 is 0 Å². The van der Waals surface area contributed by atoms with Crippen LogP contribution in [0.1, 0.15) is 19.2 Å². The number of aromatic nitrogens is 3. The number of anilines is 1. The minimum atomic E-state index is 0.347. The van der Waals surface area contributed by atoms with Crippen LogP contribution in [0.2, 0.25) is 0 Å². The van der Waals surface area contributed by atoms with Crippen LogP contribution in [-0.2, 0) is 13.2 Å². The smallest absolute Gasteiger partial charge is 0.164 e. The normalized spacial score (nSPS) is 10.4. The fraction of sp³-hybridized carbons (Fsp3) is 0.385. The number of nitrogens with two attached hydrogens (primary N) is 1. The molecule has 0 atom stereocenters. The Labute approximate surface area is 112 Å². The van der Waals surface area contributed by atoms with Gasteiger partial charge in [0, 0.05) is 18.3 Å². The summed E-state index contributed by atoms with van der Waals surface area (Å²) in [7, 11) is 1.58. The average molecular weight is 262 g/mol. The van der Waals surface area contributed by atoms with Crippen molar-refractivity contribution in [1.82, 2.24) is 14.8 Å². The maximum Gasteiger partial charge on any atom is 0.164 e. The molecule has 0 bridgehead atoms. The molecule has 6 nitrogen and oxygen atoms in total. The number of rotatable bonds is 6. The zero-order chi connectivity index (χ0) is 13.7. The van der Waals surface area contributed by atoms with Crippen molar-refractivity contribution in [2.45, 2.75) is 26.5 Å². The van der Waals surface area contributed by atoms with Crippen LogP contribution in [0.4, 0.5) is 5.69 Å². The molecule has 6 heteroatoms. The van der Waals surface area contributed by atoms with Crippen LogP contribution in [0, 0.1) is 0 Å². The summed E-state index contributed by atoms with van der Waals surface area (Å²) in [5.41, 5.74) is 6.33. The Morgan fingerprint density at radius 2 is 2.16 bits per heavy atom. The first-order chi connectivity index (χ1) is 9.24. The number of nitrogens with zero attached hydrogens (tertiary/aromatic N) is 3. The molecule has 0 aliphatic carbocycles. The Balaban J connectivity index is 2.07. The van der Waals surface area contributed by atoms with Gasteiger partial charge in [-0.2, -0.15) is 5.10 Å². The highest BCUT2D eigenvalue weighted by Gasteiger charge is 2.08. The summed E-state index contributed by atoms with van der Waals surface area (Å²) in [6.45, 7) is 3.27. The third kappa shape index (κ3) is 3.15. The molecule has 2 aromatic rings. The minimum absolute atomic E-state index is 0.347. The van der Waals surface area contributed by atoms with E-state index in [0.717, 1.165) is 18.8 Å². The highest BCUT2D eigenvalue weighted by atomic mass is 16.5. The molecule has 0 amide bonds. The summed E-state index contributed by atoms with van der Waals surface area (Å²) in [4.78, 5) is 4.18. The molecule has 0 aliphatic rings. The molecule has 0 unspecified atom stereocenters. The first-order valence-electron chi connectivity index (χ1n) is 6.17. The fourth-order valence-corrected chi connectivity index (χ4v) is 1.74. The predicted molar refractivity (Wildman–Crippen MR) is 72.1 cm³/mol. The molecule has 0 saturated heterocycles. The Hall–Kier alpha value is -2.24. The monoisotopic (exact) mass is 262 g/mol. The van der Waals surface area contributed by atoms with E-state index in [1.807, 2.05) is 4.68 Å². The Morgan fingerprint density at radius 1 is 1.32 bits per heavy atom. The van der Waals surface area contributed by atoms with Crippen LogP contribution in [0.25, 0.3) is 0 Å². The molecule has 0 spiro atoms. The zero-order valence-corrected chi connectivity index (χ0v) is 11.2. The van der Waals surface area contributed by atoms with Gasteiger partial charge in [0.25, 0.3) is 0 Å². The topological polar surface area (TPSA) is 75.2 Å². The summed E-state index contributed by atoms with van der Waals surface area (Å²) < 4.78 is 12.8. The lowest BCUT2D eigenvalue weighted by Crippen LogP contribution is -2.08. The molecule has 19 heavy (non-hydrogen) atoms. The lowest BCUT2D eigenvalue weighted by atomic mass is 10.3. The standard InChI is InChI=1S/C13H18N4O2/c1-3-6-17-13(15-9-16-17)8-19-11-5-4-10(14)7-12(11)18-2/h4-5,7,9H,3,6,8,14H2,1-2H3. The molecule has 102 valence electrons. The van der Waals surface area contributed by atoms with Crippen molar-refractivity contribution in [3.63, 3.8) is 0 Å². The van der Waals surface area contributed by atoms with E-state index in [1.165, 1.54) is 6.33 Å². The molecule has 1 heterocycles. The molecule has 0 radical (unpaired) electrons. The van der Waals surface area contributed by atoms with Gasteiger partial charge in [0.2, 0.25) is 0 Å². The number of hydrogen-bond donors (Lipinski definition) is 1. The van der Waals surface area contributed by atoms with Gasteiger partial charge < -0.3 is 15.2 Å². The number of methoxy groups -OCH3 is 1. The average Bonchev–Trinajstić information content (AvgIpc) is 2.85.